The second-order valence-electron chi connectivity index (χ2n) is 1.95. The van der Waals surface area contributed by atoms with Gasteiger partial charge in [-0.3, -0.25) is 0 Å². The Morgan fingerprint density at radius 1 is 1.71 bits per heavy atom. The standard InChI is InChI=1S/C6H8O/c1-2-6(7)5-3-4-5/h1,5-7H,3-4H2/t6-/m0/s1. The van der Waals surface area contributed by atoms with E-state index in [1.165, 1.54) is 0 Å². The Morgan fingerprint density at radius 3 is 2.43 bits per heavy atom. The van der Waals surface area contributed by atoms with Gasteiger partial charge in [-0.1, -0.05) is 5.92 Å². The summed E-state index contributed by atoms with van der Waals surface area (Å²) in [4.78, 5) is 0. The van der Waals surface area contributed by atoms with Crippen LogP contribution in [0.4, 0.5) is 0 Å². The van der Waals surface area contributed by atoms with Gasteiger partial charge < -0.3 is 5.11 Å². The molecule has 0 aromatic heterocycles. The van der Waals surface area contributed by atoms with E-state index in [4.69, 9.17) is 11.5 Å². The van der Waals surface area contributed by atoms with E-state index in [2.05, 4.69) is 5.92 Å². The quantitative estimate of drug-likeness (QED) is 0.468. The van der Waals surface area contributed by atoms with Gasteiger partial charge in [-0.2, -0.15) is 0 Å². The van der Waals surface area contributed by atoms with Crippen molar-refractivity contribution in [3.8, 4) is 12.3 Å². The minimum atomic E-state index is -0.458. The third kappa shape index (κ3) is 0.942. The number of aliphatic hydroxyl groups is 1. The minimum absolute atomic E-state index is 0.435. The highest BCUT2D eigenvalue weighted by molar-refractivity contribution is 5.01. The summed E-state index contributed by atoms with van der Waals surface area (Å²) in [5.41, 5.74) is 0. The predicted molar refractivity (Wildman–Crippen MR) is 27.6 cm³/mol. The van der Waals surface area contributed by atoms with E-state index in [1.54, 1.807) is 0 Å². The molecule has 7 heavy (non-hydrogen) atoms. The molecule has 1 saturated carbocycles. The first-order valence-electron chi connectivity index (χ1n) is 2.49. The summed E-state index contributed by atoms with van der Waals surface area (Å²) in [7, 11) is 0. The van der Waals surface area contributed by atoms with Crippen LogP contribution in [0.5, 0.6) is 0 Å². The molecule has 1 atom stereocenters. The zero-order valence-electron chi connectivity index (χ0n) is 4.09. The Hall–Kier alpha value is -0.480. The summed E-state index contributed by atoms with van der Waals surface area (Å²) in [6, 6.07) is 0. The van der Waals surface area contributed by atoms with Crippen LogP contribution in [0.3, 0.4) is 0 Å². The summed E-state index contributed by atoms with van der Waals surface area (Å²) in [6.07, 6.45) is 6.69. The molecule has 0 saturated heterocycles. The minimum Gasteiger partial charge on any atom is -0.380 e. The highest BCUT2D eigenvalue weighted by atomic mass is 16.3. The van der Waals surface area contributed by atoms with Gasteiger partial charge in [0.15, 0.2) is 0 Å². The third-order valence-corrected chi connectivity index (χ3v) is 1.24. The molecule has 0 heterocycles. The Bertz CT molecular complexity index is 97.2. The summed E-state index contributed by atoms with van der Waals surface area (Å²) in [6.45, 7) is 0. The van der Waals surface area contributed by atoms with Crippen molar-refractivity contribution in [1.29, 1.82) is 0 Å². The predicted octanol–water partition coefficient (Wildman–Crippen LogP) is 0.391. The zero-order chi connectivity index (χ0) is 5.28. The van der Waals surface area contributed by atoms with Crippen molar-refractivity contribution in [2.24, 2.45) is 5.92 Å². The fourth-order valence-electron chi connectivity index (χ4n) is 0.548. The molecule has 38 valence electrons. The van der Waals surface area contributed by atoms with Crippen LogP contribution in [0, 0.1) is 18.3 Å². The van der Waals surface area contributed by atoms with Gasteiger partial charge in [0.25, 0.3) is 0 Å². The molecule has 1 N–H and O–H groups in total. The van der Waals surface area contributed by atoms with E-state index in [-0.39, 0.29) is 0 Å². The van der Waals surface area contributed by atoms with Crippen molar-refractivity contribution >= 4 is 0 Å². The normalized spacial score (nSPS) is 23.4. The molecule has 0 aromatic rings. The molecule has 0 spiro atoms. The topological polar surface area (TPSA) is 20.2 Å². The second-order valence-corrected chi connectivity index (χ2v) is 1.95. The van der Waals surface area contributed by atoms with Gasteiger partial charge in [0.1, 0.15) is 6.10 Å². The monoisotopic (exact) mass is 96.1 g/mol. The van der Waals surface area contributed by atoms with E-state index in [0.717, 1.165) is 12.8 Å². The van der Waals surface area contributed by atoms with Crippen molar-refractivity contribution in [3.05, 3.63) is 0 Å². The van der Waals surface area contributed by atoms with Crippen molar-refractivity contribution in [3.63, 3.8) is 0 Å². The molecule has 1 rings (SSSR count). The van der Waals surface area contributed by atoms with Gasteiger partial charge >= 0.3 is 0 Å². The molecule has 1 fully saturated rings. The molecule has 1 nitrogen and oxygen atoms in total. The first kappa shape index (κ1) is 4.67. The fourth-order valence-corrected chi connectivity index (χ4v) is 0.548. The smallest absolute Gasteiger partial charge is 0.117 e. The molecule has 1 aliphatic rings. The van der Waals surface area contributed by atoms with Crippen molar-refractivity contribution in [1.82, 2.24) is 0 Å². The molecule has 0 aromatic carbocycles. The molecule has 0 aliphatic heterocycles. The Labute approximate surface area is 43.4 Å². The first-order chi connectivity index (χ1) is 3.34. The second kappa shape index (κ2) is 1.55. The summed E-state index contributed by atoms with van der Waals surface area (Å²) >= 11 is 0. The van der Waals surface area contributed by atoms with E-state index < -0.39 is 6.10 Å². The zero-order valence-corrected chi connectivity index (χ0v) is 4.09. The van der Waals surface area contributed by atoms with Gasteiger partial charge in [-0.15, -0.1) is 6.42 Å². The maximum Gasteiger partial charge on any atom is 0.117 e. The fraction of sp³-hybridized carbons (Fsp3) is 0.667. The lowest BCUT2D eigenvalue weighted by Gasteiger charge is -1.93. The molecular weight excluding hydrogens is 88.1 g/mol. The molecule has 0 unspecified atom stereocenters. The van der Waals surface area contributed by atoms with Crippen molar-refractivity contribution in [2.75, 3.05) is 0 Å². The van der Waals surface area contributed by atoms with Crippen LogP contribution < -0.4 is 0 Å². The van der Waals surface area contributed by atoms with Crippen molar-refractivity contribution in [2.45, 2.75) is 18.9 Å². The summed E-state index contributed by atoms with van der Waals surface area (Å²) in [5.74, 6) is 2.72. The van der Waals surface area contributed by atoms with Crippen LogP contribution in [-0.4, -0.2) is 11.2 Å². The van der Waals surface area contributed by atoms with E-state index in [0.29, 0.717) is 5.92 Å². The van der Waals surface area contributed by atoms with Gasteiger partial charge in [-0.05, 0) is 18.8 Å². The van der Waals surface area contributed by atoms with E-state index in [9.17, 15) is 0 Å². The number of hydrogen-bond donors (Lipinski definition) is 1. The molecular formula is C6H8O. The van der Waals surface area contributed by atoms with Crippen molar-refractivity contribution < 1.29 is 5.11 Å². The Kier molecular flexibility index (Phi) is 1.04. The number of rotatable bonds is 1. The lowest BCUT2D eigenvalue weighted by atomic mass is 10.2. The Balaban J connectivity index is 2.27. The van der Waals surface area contributed by atoms with Crippen LogP contribution >= 0.6 is 0 Å². The third-order valence-electron chi connectivity index (χ3n) is 1.24. The molecule has 1 aliphatic carbocycles. The number of aliphatic hydroxyl groups excluding tert-OH is 1. The summed E-state index contributed by atoms with van der Waals surface area (Å²) < 4.78 is 0. The van der Waals surface area contributed by atoms with Gasteiger partial charge in [0.2, 0.25) is 0 Å². The highest BCUT2D eigenvalue weighted by Crippen LogP contribution is 2.31. The van der Waals surface area contributed by atoms with Crippen LogP contribution in [0.25, 0.3) is 0 Å². The van der Waals surface area contributed by atoms with Gasteiger partial charge in [0, 0.05) is 0 Å². The molecule has 1 heteroatoms. The Morgan fingerprint density at radius 2 is 2.29 bits per heavy atom. The molecule has 0 bridgehead atoms. The van der Waals surface area contributed by atoms with Crippen LogP contribution in [-0.2, 0) is 0 Å². The largest absolute Gasteiger partial charge is 0.380 e. The first-order valence-corrected chi connectivity index (χ1v) is 2.49. The van der Waals surface area contributed by atoms with Gasteiger partial charge in [-0.25, -0.2) is 0 Å². The number of terminal acetylenes is 1. The maximum atomic E-state index is 8.76. The average Bonchev–Trinajstić information content (AvgIpc) is 2.44. The van der Waals surface area contributed by atoms with Gasteiger partial charge in [0.05, 0.1) is 0 Å². The highest BCUT2D eigenvalue weighted by Gasteiger charge is 2.27. The van der Waals surface area contributed by atoms with E-state index in [1.807, 2.05) is 0 Å². The molecule has 0 radical (unpaired) electrons. The maximum absolute atomic E-state index is 8.76. The van der Waals surface area contributed by atoms with Crippen LogP contribution in [0.15, 0.2) is 0 Å². The van der Waals surface area contributed by atoms with Crippen LogP contribution in [0.2, 0.25) is 0 Å². The number of hydrogen-bond acceptors (Lipinski definition) is 1. The SMILES string of the molecule is C#C[C@H](O)C1CC1. The van der Waals surface area contributed by atoms with E-state index >= 15 is 0 Å². The lowest BCUT2D eigenvalue weighted by molar-refractivity contribution is 0.209. The lowest BCUT2D eigenvalue weighted by Crippen LogP contribution is -2.03. The average molecular weight is 96.1 g/mol. The molecule has 0 amide bonds. The summed E-state index contributed by atoms with van der Waals surface area (Å²) in [5, 5.41) is 8.76. The van der Waals surface area contributed by atoms with Crippen LogP contribution in [0.1, 0.15) is 12.8 Å².